The third kappa shape index (κ3) is 4.75. The Kier molecular flexibility index (Phi) is 6.26. The SMILES string of the molecule is CC(=O)N(c1cccc(C)c1)c1nc(CN[C@@H](C)c2ccccc2Cl)cs1. The van der Waals surface area contributed by atoms with Crippen molar-refractivity contribution < 1.29 is 4.79 Å². The second-order valence-electron chi connectivity index (χ2n) is 6.44. The van der Waals surface area contributed by atoms with Gasteiger partial charge in [-0.25, -0.2) is 4.98 Å². The Labute approximate surface area is 168 Å². The van der Waals surface area contributed by atoms with Crippen molar-refractivity contribution in [3.8, 4) is 0 Å². The fraction of sp³-hybridized carbons (Fsp3) is 0.238. The lowest BCUT2D eigenvalue weighted by molar-refractivity contribution is -0.115. The van der Waals surface area contributed by atoms with E-state index < -0.39 is 0 Å². The number of benzene rings is 2. The van der Waals surface area contributed by atoms with Gasteiger partial charge < -0.3 is 5.32 Å². The lowest BCUT2D eigenvalue weighted by Gasteiger charge is -2.18. The molecule has 0 fully saturated rings. The van der Waals surface area contributed by atoms with Crippen LogP contribution >= 0.6 is 22.9 Å². The van der Waals surface area contributed by atoms with E-state index in [1.165, 1.54) is 11.3 Å². The number of nitrogens with one attached hydrogen (secondary N) is 1. The van der Waals surface area contributed by atoms with Crippen LogP contribution in [0, 0.1) is 6.92 Å². The molecule has 0 bridgehead atoms. The van der Waals surface area contributed by atoms with E-state index in [0.29, 0.717) is 11.7 Å². The lowest BCUT2D eigenvalue weighted by Crippen LogP contribution is -2.23. The van der Waals surface area contributed by atoms with Gasteiger partial charge in [-0.1, -0.05) is 41.9 Å². The number of carbonyl (C=O) groups excluding carboxylic acids is 1. The molecule has 0 aliphatic rings. The highest BCUT2D eigenvalue weighted by Gasteiger charge is 2.18. The summed E-state index contributed by atoms with van der Waals surface area (Å²) in [6.45, 7) is 6.24. The molecule has 0 aliphatic heterocycles. The average molecular weight is 400 g/mol. The summed E-state index contributed by atoms with van der Waals surface area (Å²) >= 11 is 7.73. The van der Waals surface area contributed by atoms with Crippen molar-refractivity contribution in [2.24, 2.45) is 0 Å². The highest BCUT2D eigenvalue weighted by molar-refractivity contribution is 7.14. The van der Waals surface area contributed by atoms with Gasteiger partial charge in [0.1, 0.15) is 0 Å². The molecule has 1 aromatic heterocycles. The van der Waals surface area contributed by atoms with Gasteiger partial charge in [0.05, 0.1) is 11.4 Å². The van der Waals surface area contributed by atoms with Crippen molar-refractivity contribution >= 4 is 39.7 Å². The summed E-state index contributed by atoms with van der Waals surface area (Å²) in [5, 5.41) is 6.85. The molecule has 0 radical (unpaired) electrons. The molecule has 0 aliphatic carbocycles. The topological polar surface area (TPSA) is 45.2 Å². The molecule has 4 nitrogen and oxygen atoms in total. The molecule has 3 aromatic rings. The number of amides is 1. The van der Waals surface area contributed by atoms with E-state index in [0.717, 1.165) is 27.5 Å². The Morgan fingerprint density at radius 3 is 2.74 bits per heavy atom. The summed E-state index contributed by atoms with van der Waals surface area (Å²) in [7, 11) is 0. The monoisotopic (exact) mass is 399 g/mol. The van der Waals surface area contributed by atoms with Crippen LogP contribution in [0.25, 0.3) is 0 Å². The molecule has 6 heteroatoms. The van der Waals surface area contributed by atoms with Crippen LogP contribution in [-0.4, -0.2) is 10.9 Å². The molecule has 140 valence electrons. The number of halogens is 1. The first-order chi connectivity index (χ1) is 13.0. The largest absolute Gasteiger partial charge is 0.304 e. The quantitative estimate of drug-likeness (QED) is 0.583. The van der Waals surface area contributed by atoms with Crippen LogP contribution in [0.1, 0.15) is 36.7 Å². The summed E-state index contributed by atoms with van der Waals surface area (Å²) in [5.41, 5.74) is 3.89. The predicted octanol–water partition coefficient (Wildman–Crippen LogP) is 5.64. The van der Waals surface area contributed by atoms with Gasteiger partial charge in [-0.3, -0.25) is 9.69 Å². The fourth-order valence-electron chi connectivity index (χ4n) is 2.87. The summed E-state index contributed by atoms with van der Waals surface area (Å²) in [4.78, 5) is 18.5. The number of rotatable bonds is 6. The van der Waals surface area contributed by atoms with Gasteiger partial charge in [0, 0.05) is 29.9 Å². The molecule has 0 spiro atoms. The van der Waals surface area contributed by atoms with Crippen LogP contribution in [0.3, 0.4) is 0 Å². The van der Waals surface area contributed by atoms with Gasteiger partial charge in [0.25, 0.3) is 0 Å². The zero-order valence-corrected chi connectivity index (χ0v) is 17.1. The first-order valence-corrected chi connectivity index (χ1v) is 10.0. The maximum Gasteiger partial charge on any atom is 0.230 e. The van der Waals surface area contributed by atoms with Crippen LogP contribution in [-0.2, 0) is 11.3 Å². The van der Waals surface area contributed by atoms with E-state index in [9.17, 15) is 4.79 Å². The third-order valence-corrected chi connectivity index (χ3v) is 5.49. The number of hydrogen-bond donors (Lipinski definition) is 1. The summed E-state index contributed by atoms with van der Waals surface area (Å²) in [6.07, 6.45) is 0. The van der Waals surface area contributed by atoms with E-state index in [-0.39, 0.29) is 11.9 Å². The summed E-state index contributed by atoms with van der Waals surface area (Å²) < 4.78 is 0. The Bertz CT molecular complexity index is 940. The van der Waals surface area contributed by atoms with Crippen molar-refractivity contribution in [1.29, 1.82) is 0 Å². The zero-order valence-electron chi connectivity index (χ0n) is 15.6. The van der Waals surface area contributed by atoms with Gasteiger partial charge in [-0.15, -0.1) is 11.3 Å². The number of anilines is 2. The average Bonchev–Trinajstić information content (AvgIpc) is 3.08. The second-order valence-corrected chi connectivity index (χ2v) is 7.68. The molecule has 1 N–H and O–H groups in total. The maximum atomic E-state index is 12.2. The zero-order chi connectivity index (χ0) is 19.4. The van der Waals surface area contributed by atoms with E-state index in [1.807, 2.05) is 60.8 Å². The smallest absolute Gasteiger partial charge is 0.230 e. The van der Waals surface area contributed by atoms with Crippen molar-refractivity contribution in [1.82, 2.24) is 10.3 Å². The number of aromatic nitrogens is 1. The Balaban J connectivity index is 1.73. The lowest BCUT2D eigenvalue weighted by atomic mass is 10.1. The highest BCUT2D eigenvalue weighted by Crippen LogP contribution is 2.30. The van der Waals surface area contributed by atoms with Gasteiger partial charge >= 0.3 is 0 Å². The number of carbonyl (C=O) groups is 1. The summed E-state index contributed by atoms with van der Waals surface area (Å²) in [6, 6.07) is 15.8. The number of nitrogens with zero attached hydrogens (tertiary/aromatic N) is 2. The number of hydrogen-bond acceptors (Lipinski definition) is 4. The highest BCUT2D eigenvalue weighted by atomic mass is 35.5. The maximum absolute atomic E-state index is 12.2. The molecular weight excluding hydrogens is 378 g/mol. The van der Waals surface area contributed by atoms with Gasteiger partial charge in [0.15, 0.2) is 5.13 Å². The second kappa shape index (κ2) is 8.65. The summed E-state index contributed by atoms with van der Waals surface area (Å²) in [5.74, 6) is -0.0566. The van der Waals surface area contributed by atoms with Crippen molar-refractivity contribution in [3.63, 3.8) is 0 Å². The van der Waals surface area contributed by atoms with Crippen LogP contribution in [0.2, 0.25) is 5.02 Å². The molecule has 1 amide bonds. The van der Waals surface area contributed by atoms with Crippen molar-refractivity contribution in [2.75, 3.05) is 4.90 Å². The van der Waals surface area contributed by atoms with E-state index in [1.54, 1.807) is 11.8 Å². The normalized spacial score (nSPS) is 12.0. The molecular formula is C21H22ClN3OS. The van der Waals surface area contributed by atoms with Crippen molar-refractivity contribution in [3.05, 3.63) is 75.8 Å². The molecule has 2 aromatic carbocycles. The van der Waals surface area contributed by atoms with Crippen molar-refractivity contribution in [2.45, 2.75) is 33.4 Å². The minimum atomic E-state index is -0.0566. The van der Waals surface area contributed by atoms with Crippen LogP contribution in [0.4, 0.5) is 10.8 Å². The Hall–Kier alpha value is -2.21. The van der Waals surface area contributed by atoms with Gasteiger partial charge in [-0.2, -0.15) is 0 Å². The number of thiazole rings is 1. The van der Waals surface area contributed by atoms with E-state index in [4.69, 9.17) is 11.6 Å². The molecule has 0 unspecified atom stereocenters. The third-order valence-electron chi connectivity index (χ3n) is 4.27. The standard InChI is InChI=1S/C21H22ClN3OS/c1-14-7-6-8-18(11-14)25(16(3)26)21-24-17(13-27-21)12-23-15(2)19-9-4-5-10-20(19)22/h4-11,13,15,23H,12H2,1-3H3/t15-/m0/s1. The van der Waals surface area contributed by atoms with E-state index >= 15 is 0 Å². The minimum Gasteiger partial charge on any atom is -0.304 e. The Morgan fingerprint density at radius 1 is 1.26 bits per heavy atom. The first-order valence-electron chi connectivity index (χ1n) is 8.75. The molecule has 1 heterocycles. The first kappa shape index (κ1) is 19.5. The molecule has 3 rings (SSSR count). The predicted molar refractivity (Wildman–Crippen MR) is 113 cm³/mol. The molecule has 0 saturated carbocycles. The molecule has 27 heavy (non-hydrogen) atoms. The minimum absolute atomic E-state index is 0.0566. The van der Waals surface area contributed by atoms with Gasteiger partial charge in [0.2, 0.25) is 5.91 Å². The fourth-order valence-corrected chi connectivity index (χ4v) is 4.05. The van der Waals surface area contributed by atoms with Gasteiger partial charge in [-0.05, 0) is 43.2 Å². The number of aryl methyl sites for hydroxylation is 1. The molecule has 0 saturated heterocycles. The van der Waals surface area contributed by atoms with E-state index in [2.05, 4.69) is 17.2 Å². The van der Waals surface area contributed by atoms with Crippen LogP contribution in [0.5, 0.6) is 0 Å². The molecule has 1 atom stereocenters. The Morgan fingerprint density at radius 2 is 2.04 bits per heavy atom. The van der Waals surface area contributed by atoms with Crippen LogP contribution in [0.15, 0.2) is 53.9 Å². The van der Waals surface area contributed by atoms with Crippen LogP contribution < -0.4 is 10.2 Å².